The molecule has 1 aromatic heterocycles. The van der Waals surface area contributed by atoms with Crippen LogP contribution in [0.4, 0.5) is 5.82 Å². The molecule has 0 bridgehead atoms. The van der Waals surface area contributed by atoms with Gasteiger partial charge < -0.3 is 5.32 Å². The molecule has 0 radical (unpaired) electrons. The Morgan fingerprint density at radius 1 is 1.11 bits per heavy atom. The van der Waals surface area contributed by atoms with Gasteiger partial charge in [-0.2, -0.15) is 0 Å². The van der Waals surface area contributed by atoms with Gasteiger partial charge in [0, 0.05) is 17.2 Å². The highest BCUT2D eigenvalue weighted by Gasteiger charge is 1.98. The Kier molecular flexibility index (Phi) is 4.59. The summed E-state index contributed by atoms with van der Waals surface area (Å²) in [5, 5.41) is 3.29. The third-order valence-electron chi connectivity index (χ3n) is 2.61. The van der Waals surface area contributed by atoms with Crippen LogP contribution < -0.4 is 5.32 Å². The minimum atomic E-state index is 0.853. The van der Waals surface area contributed by atoms with E-state index in [4.69, 9.17) is 0 Å². The van der Waals surface area contributed by atoms with Gasteiger partial charge in [-0.15, -0.1) is 11.8 Å². The number of aromatic nitrogens is 2. The van der Waals surface area contributed by atoms with Gasteiger partial charge in [0.2, 0.25) is 0 Å². The predicted molar refractivity (Wildman–Crippen MR) is 77.2 cm³/mol. The van der Waals surface area contributed by atoms with Crippen LogP contribution in [0.3, 0.4) is 0 Å². The number of hydrogen-bond donors (Lipinski definition) is 1. The van der Waals surface area contributed by atoms with E-state index < -0.39 is 0 Å². The fourth-order valence-corrected chi connectivity index (χ4v) is 2.28. The highest BCUT2D eigenvalue weighted by molar-refractivity contribution is 7.99. The highest BCUT2D eigenvalue weighted by Crippen LogP contribution is 2.16. The first kappa shape index (κ1) is 12.9. The lowest BCUT2D eigenvalue weighted by Gasteiger charge is -2.06. The largest absolute Gasteiger partial charge is 0.368 e. The van der Waals surface area contributed by atoms with Crippen molar-refractivity contribution in [2.45, 2.75) is 18.7 Å². The van der Waals surface area contributed by atoms with Crippen LogP contribution in [0.15, 0.2) is 41.4 Å². The lowest BCUT2D eigenvalue weighted by Crippen LogP contribution is -2.07. The second-order valence-corrected chi connectivity index (χ2v) is 5.18. The number of hydrogen-bond acceptors (Lipinski definition) is 4. The molecule has 1 N–H and O–H groups in total. The molecule has 2 rings (SSSR count). The first-order valence-corrected chi connectivity index (χ1v) is 6.96. The molecule has 18 heavy (non-hydrogen) atoms. The van der Waals surface area contributed by atoms with E-state index in [2.05, 4.69) is 39.6 Å². The number of benzene rings is 1. The lowest BCUT2D eigenvalue weighted by atomic mass is 10.3. The van der Waals surface area contributed by atoms with E-state index in [9.17, 15) is 0 Å². The molecule has 0 unspecified atom stereocenters. The predicted octanol–water partition coefficient (Wildman–Crippen LogP) is 3.30. The summed E-state index contributed by atoms with van der Waals surface area (Å²) in [6.07, 6.45) is 1.79. The fraction of sp³-hybridized carbons (Fsp3) is 0.286. The van der Waals surface area contributed by atoms with Crippen LogP contribution in [0.25, 0.3) is 0 Å². The van der Waals surface area contributed by atoms with Crippen LogP contribution in [0.1, 0.15) is 11.4 Å². The third kappa shape index (κ3) is 3.74. The van der Waals surface area contributed by atoms with Gasteiger partial charge >= 0.3 is 0 Å². The van der Waals surface area contributed by atoms with Crippen molar-refractivity contribution in [2.75, 3.05) is 17.6 Å². The Labute approximate surface area is 112 Å². The first-order valence-electron chi connectivity index (χ1n) is 5.97. The topological polar surface area (TPSA) is 37.8 Å². The van der Waals surface area contributed by atoms with E-state index in [0.29, 0.717) is 0 Å². The summed E-state index contributed by atoms with van der Waals surface area (Å²) in [4.78, 5) is 10.0. The summed E-state index contributed by atoms with van der Waals surface area (Å²) in [7, 11) is 0. The van der Waals surface area contributed by atoms with Gasteiger partial charge in [-0.05, 0) is 26.0 Å². The van der Waals surface area contributed by atoms with E-state index in [-0.39, 0.29) is 0 Å². The molecule has 0 aliphatic heterocycles. The summed E-state index contributed by atoms with van der Waals surface area (Å²) in [5.74, 6) is 1.87. The molecule has 0 atom stereocenters. The van der Waals surface area contributed by atoms with Gasteiger partial charge in [0.1, 0.15) is 5.82 Å². The molecule has 0 amide bonds. The summed E-state index contributed by atoms with van der Waals surface area (Å²) < 4.78 is 0. The van der Waals surface area contributed by atoms with Crippen molar-refractivity contribution in [1.29, 1.82) is 0 Å². The van der Waals surface area contributed by atoms with Gasteiger partial charge in [0.05, 0.1) is 17.6 Å². The van der Waals surface area contributed by atoms with E-state index in [1.54, 1.807) is 6.20 Å². The van der Waals surface area contributed by atoms with Crippen molar-refractivity contribution in [1.82, 2.24) is 9.97 Å². The minimum absolute atomic E-state index is 0.853. The standard InChI is InChI=1S/C14H17N3S/c1-11-12(2)17-14(10-16-11)15-8-9-18-13-6-4-3-5-7-13/h3-7,10H,8-9H2,1-2H3,(H,15,17). The van der Waals surface area contributed by atoms with Gasteiger partial charge in [-0.1, -0.05) is 18.2 Å². The zero-order valence-electron chi connectivity index (χ0n) is 10.7. The Bertz CT molecular complexity index is 500. The zero-order valence-corrected chi connectivity index (χ0v) is 11.5. The molecule has 0 fully saturated rings. The second-order valence-electron chi connectivity index (χ2n) is 4.01. The maximum Gasteiger partial charge on any atom is 0.144 e. The Balaban J connectivity index is 1.77. The SMILES string of the molecule is Cc1ncc(NCCSc2ccccc2)nc1C. The number of thioether (sulfide) groups is 1. The van der Waals surface area contributed by atoms with Crippen LogP contribution in [0.5, 0.6) is 0 Å². The molecule has 1 heterocycles. The van der Waals surface area contributed by atoms with Crippen LogP contribution in [0.2, 0.25) is 0 Å². The minimum Gasteiger partial charge on any atom is -0.368 e. The molecule has 2 aromatic rings. The van der Waals surface area contributed by atoms with Crippen molar-refractivity contribution >= 4 is 17.6 Å². The number of aryl methyl sites for hydroxylation is 2. The molecule has 3 nitrogen and oxygen atoms in total. The average Bonchev–Trinajstić information content (AvgIpc) is 2.40. The summed E-state index contributed by atoms with van der Waals surface area (Å²) >= 11 is 1.84. The third-order valence-corrected chi connectivity index (χ3v) is 3.63. The molecule has 1 aromatic carbocycles. The van der Waals surface area contributed by atoms with Gasteiger partial charge in [0.15, 0.2) is 0 Å². The van der Waals surface area contributed by atoms with Crippen LogP contribution in [-0.4, -0.2) is 22.3 Å². The summed E-state index contributed by atoms with van der Waals surface area (Å²) in [5.41, 5.74) is 1.97. The van der Waals surface area contributed by atoms with E-state index in [1.807, 2.05) is 31.7 Å². The quantitative estimate of drug-likeness (QED) is 0.660. The summed E-state index contributed by atoms with van der Waals surface area (Å²) in [6.45, 7) is 4.83. The van der Waals surface area contributed by atoms with Crippen molar-refractivity contribution in [3.8, 4) is 0 Å². The van der Waals surface area contributed by atoms with Gasteiger partial charge in [-0.25, -0.2) is 4.98 Å². The Morgan fingerprint density at radius 3 is 2.61 bits per heavy atom. The number of rotatable bonds is 5. The van der Waals surface area contributed by atoms with Crippen LogP contribution in [-0.2, 0) is 0 Å². The van der Waals surface area contributed by atoms with Crippen LogP contribution in [0, 0.1) is 13.8 Å². The van der Waals surface area contributed by atoms with Gasteiger partial charge in [-0.3, -0.25) is 4.98 Å². The number of nitrogens with zero attached hydrogens (tertiary/aromatic N) is 2. The summed E-state index contributed by atoms with van der Waals surface area (Å²) in [6, 6.07) is 10.4. The Morgan fingerprint density at radius 2 is 1.89 bits per heavy atom. The molecule has 0 saturated heterocycles. The molecular weight excluding hydrogens is 242 g/mol. The van der Waals surface area contributed by atoms with E-state index in [1.165, 1.54) is 4.90 Å². The second kappa shape index (κ2) is 6.40. The first-order chi connectivity index (χ1) is 8.75. The number of nitrogens with one attached hydrogen (secondary N) is 1. The average molecular weight is 259 g/mol. The normalized spacial score (nSPS) is 10.3. The van der Waals surface area contributed by atoms with Crippen LogP contribution >= 0.6 is 11.8 Å². The van der Waals surface area contributed by atoms with Crippen molar-refractivity contribution in [3.63, 3.8) is 0 Å². The monoisotopic (exact) mass is 259 g/mol. The Hall–Kier alpha value is -1.55. The molecule has 0 spiro atoms. The number of anilines is 1. The molecule has 4 heteroatoms. The smallest absolute Gasteiger partial charge is 0.144 e. The zero-order chi connectivity index (χ0) is 12.8. The van der Waals surface area contributed by atoms with E-state index >= 15 is 0 Å². The highest BCUT2D eigenvalue weighted by atomic mass is 32.2. The fourth-order valence-electron chi connectivity index (χ4n) is 1.49. The lowest BCUT2D eigenvalue weighted by molar-refractivity contribution is 1.03. The van der Waals surface area contributed by atoms with Gasteiger partial charge in [0.25, 0.3) is 0 Å². The van der Waals surface area contributed by atoms with Crippen molar-refractivity contribution < 1.29 is 0 Å². The van der Waals surface area contributed by atoms with Crippen molar-refractivity contribution in [3.05, 3.63) is 47.9 Å². The maximum atomic E-state index is 4.43. The molecule has 0 saturated carbocycles. The molecule has 94 valence electrons. The van der Waals surface area contributed by atoms with Crippen molar-refractivity contribution in [2.24, 2.45) is 0 Å². The maximum absolute atomic E-state index is 4.43. The molecule has 0 aliphatic carbocycles. The van der Waals surface area contributed by atoms with E-state index in [0.717, 1.165) is 29.5 Å². The molecule has 0 aliphatic rings. The molecular formula is C14H17N3S.